The van der Waals surface area contributed by atoms with E-state index in [9.17, 15) is 9.59 Å². The Balaban J connectivity index is 1.41. The maximum Gasteiger partial charge on any atom is 0.309 e. The van der Waals surface area contributed by atoms with Crippen LogP contribution in [0.15, 0.2) is 30.3 Å². The first-order valence-corrected chi connectivity index (χ1v) is 9.69. The topological polar surface area (TPSA) is 66.8 Å². The Hall–Kier alpha value is -2.76. The van der Waals surface area contributed by atoms with Crippen molar-refractivity contribution in [2.75, 3.05) is 13.2 Å². The highest BCUT2D eigenvalue weighted by Gasteiger charge is 2.40. The van der Waals surface area contributed by atoms with Crippen LogP contribution in [0.5, 0.6) is 11.5 Å². The molecule has 6 nitrogen and oxygen atoms in total. The number of benzene rings is 1. The second-order valence-corrected chi connectivity index (χ2v) is 7.74. The molecule has 0 amide bonds. The normalized spacial score (nSPS) is 22.6. The Kier molecular flexibility index (Phi) is 4.87. The largest absolute Gasteiger partial charge is 0.486 e. The highest BCUT2D eigenvalue weighted by molar-refractivity contribution is 5.99. The molecule has 148 valence electrons. The van der Waals surface area contributed by atoms with Gasteiger partial charge in [-0.1, -0.05) is 19.1 Å². The third kappa shape index (κ3) is 3.63. The van der Waals surface area contributed by atoms with E-state index < -0.39 is 0 Å². The lowest BCUT2D eigenvalue weighted by Gasteiger charge is -2.27. The van der Waals surface area contributed by atoms with Gasteiger partial charge in [0.05, 0.1) is 12.5 Å². The van der Waals surface area contributed by atoms with Crippen molar-refractivity contribution < 1.29 is 23.8 Å². The molecule has 3 unspecified atom stereocenters. The lowest BCUT2D eigenvalue weighted by atomic mass is 10.1. The molecule has 2 heterocycles. The van der Waals surface area contributed by atoms with Crippen molar-refractivity contribution in [3.63, 3.8) is 0 Å². The van der Waals surface area contributed by atoms with Gasteiger partial charge < -0.3 is 18.8 Å². The van der Waals surface area contributed by atoms with E-state index in [4.69, 9.17) is 14.2 Å². The van der Waals surface area contributed by atoms with Crippen LogP contribution < -0.4 is 9.47 Å². The van der Waals surface area contributed by atoms with E-state index in [0.717, 1.165) is 29.3 Å². The number of nitrogens with zero attached hydrogens (tertiary/aromatic N) is 1. The number of esters is 1. The Morgan fingerprint density at radius 2 is 1.93 bits per heavy atom. The minimum absolute atomic E-state index is 0.0356. The third-order valence-corrected chi connectivity index (χ3v) is 5.59. The summed E-state index contributed by atoms with van der Waals surface area (Å²) in [4.78, 5) is 24.4. The monoisotopic (exact) mass is 383 g/mol. The molecule has 28 heavy (non-hydrogen) atoms. The molecule has 1 fully saturated rings. The van der Waals surface area contributed by atoms with Gasteiger partial charge in [0, 0.05) is 17.0 Å². The van der Waals surface area contributed by atoms with E-state index in [-0.39, 0.29) is 30.4 Å². The molecule has 4 rings (SSSR count). The first-order valence-electron chi connectivity index (χ1n) is 9.69. The Morgan fingerprint density at radius 1 is 1.21 bits per heavy atom. The molecule has 0 radical (unpaired) electrons. The Bertz CT molecular complexity index is 916. The van der Waals surface area contributed by atoms with Crippen LogP contribution in [0.1, 0.15) is 35.1 Å². The summed E-state index contributed by atoms with van der Waals surface area (Å²) in [6.45, 7) is 6.70. The average Bonchev–Trinajstić information content (AvgIpc) is 3.37. The molecule has 6 heteroatoms. The first-order chi connectivity index (χ1) is 13.4. The van der Waals surface area contributed by atoms with E-state index in [1.54, 1.807) is 0 Å². The summed E-state index contributed by atoms with van der Waals surface area (Å²) in [5.41, 5.74) is 2.40. The summed E-state index contributed by atoms with van der Waals surface area (Å²) in [6.07, 6.45) is 0.713. The van der Waals surface area contributed by atoms with Crippen molar-refractivity contribution in [3.05, 3.63) is 47.3 Å². The molecule has 0 spiro atoms. The fourth-order valence-electron chi connectivity index (χ4n) is 3.69. The van der Waals surface area contributed by atoms with Crippen LogP contribution in [0.3, 0.4) is 0 Å². The van der Waals surface area contributed by atoms with Gasteiger partial charge in [-0.25, -0.2) is 0 Å². The number of hydrogen-bond donors (Lipinski definition) is 0. The van der Waals surface area contributed by atoms with Gasteiger partial charge in [-0.3, -0.25) is 9.59 Å². The zero-order valence-electron chi connectivity index (χ0n) is 16.4. The third-order valence-electron chi connectivity index (χ3n) is 5.59. The number of carbonyl (C=O) groups excluding carboxylic acids is 2. The Morgan fingerprint density at radius 3 is 2.64 bits per heavy atom. The smallest absolute Gasteiger partial charge is 0.309 e. The van der Waals surface area contributed by atoms with Crippen LogP contribution in [-0.4, -0.2) is 35.6 Å². The van der Waals surface area contributed by atoms with Gasteiger partial charge in [-0.15, -0.1) is 0 Å². The molecule has 1 aliphatic carbocycles. The molecule has 1 aliphatic heterocycles. The zero-order chi connectivity index (χ0) is 19.8. The van der Waals surface area contributed by atoms with Gasteiger partial charge >= 0.3 is 5.97 Å². The van der Waals surface area contributed by atoms with E-state index in [1.165, 1.54) is 0 Å². The molecule has 2 aliphatic rings. The average molecular weight is 383 g/mol. The fraction of sp³-hybridized carbons (Fsp3) is 0.455. The van der Waals surface area contributed by atoms with Gasteiger partial charge in [0.25, 0.3) is 0 Å². The van der Waals surface area contributed by atoms with Crippen molar-refractivity contribution >= 4 is 11.8 Å². The number of aromatic nitrogens is 1. The Labute approximate surface area is 164 Å². The molecule has 0 bridgehead atoms. The second kappa shape index (κ2) is 7.34. The summed E-state index contributed by atoms with van der Waals surface area (Å²) in [5, 5.41) is 0. The van der Waals surface area contributed by atoms with Crippen molar-refractivity contribution in [1.82, 2.24) is 4.57 Å². The second-order valence-electron chi connectivity index (χ2n) is 7.74. The van der Waals surface area contributed by atoms with Gasteiger partial charge in [-0.05, 0) is 44.4 Å². The van der Waals surface area contributed by atoms with Crippen molar-refractivity contribution in [2.24, 2.45) is 11.8 Å². The molecular weight excluding hydrogens is 358 g/mol. The maximum absolute atomic E-state index is 12.6. The number of Topliss-reactive ketones (excluding diaryl/α,β-unsaturated/α-hetero) is 1. The standard InChI is InChI=1S/C22H25NO5/c1-13-8-17(13)22(25)27-12-19(24)18-9-14(2)23(15(18)3)10-16-11-26-20-6-4-5-7-21(20)28-16/h4-7,9,13,16-17H,8,10-12H2,1-3H3. The van der Waals surface area contributed by atoms with Gasteiger partial charge in [0.1, 0.15) is 6.61 Å². The number of carbonyl (C=O) groups is 2. The minimum Gasteiger partial charge on any atom is -0.486 e. The van der Waals surface area contributed by atoms with Crippen molar-refractivity contribution in [3.8, 4) is 11.5 Å². The highest BCUT2D eigenvalue weighted by atomic mass is 16.6. The van der Waals surface area contributed by atoms with Crippen LogP contribution in [0.2, 0.25) is 0 Å². The summed E-state index contributed by atoms with van der Waals surface area (Å²) in [6, 6.07) is 9.45. The number of aryl methyl sites for hydroxylation is 1. The van der Waals surface area contributed by atoms with Crippen LogP contribution >= 0.6 is 0 Å². The number of para-hydroxylation sites is 2. The van der Waals surface area contributed by atoms with E-state index in [2.05, 4.69) is 4.57 Å². The fourth-order valence-corrected chi connectivity index (χ4v) is 3.69. The number of rotatable bonds is 6. The van der Waals surface area contributed by atoms with E-state index in [0.29, 0.717) is 24.6 Å². The summed E-state index contributed by atoms with van der Waals surface area (Å²) < 4.78 is 19.1. The molecule has 3 atom stereocenters. The molecule has 1 aromatic heterocycles. The van der Waals surface area contributed by atoms with Gasteiger partial charge in [0.2, 0.25) is 5.78 Å². The maximum atomic E-state index is 12.6. The molecule has 2 aromatic rings. The number of ketones is 1. The lowest BCUT2D eigenvalue weighted by molar-refractivity contribution is -0.144. The van der Waals surface area contributed by atoms with Gasteiger partial charge in [0.15, 0.2) is 24.2 Å². The molecule has 0 saturated heterocycles. The van der Waals surface area contributed by atoms with Crippen molar-refractivity contribution in [2.45, 2.75) is 39.8 Å². The van der Waals surface area contributed by atoms with Gasteiger partial charge in [-0.2, -0.15) is 0 Å². The van der Waals surface area contributed by atoms with E-state index >= 15 is 0 Å². The van der Waals surface area contributed by atoms with Crippen molar-refractivity contribution in [1.29, 1.82) is 0 Å². The predicted molar refractivity (Wildman–Crippen MR) is 103 cm³/mol. The first kappa shape index (κ1) is 18.6. The lowest BCUT2D eigenvalue weighted by Crippen LogP contribution is -2.33. The van der Waals surface area contributed by atoms with Crippen LogP contribution in [-0.2, 0) is 16.1 Å². The van der Waals surface area contributed by atoms with Crippen LogP contribution in [0.25, 0.3) is 0 Å². The highest BCUT2D eigenvalue weighted by Crippen LogP contribution is 2.38. The SMILES string of the molecule is Cc1cc(C(=O)COC(=O)C2CC2C)c(C)n1CC1COc2ccccc2O1. The molecule has 1 saturated carbocycles. The van der Waals surface area contributed by atoms with Crippen LogP contribution in [0, 0.1) is 25.7 Å². The zero-order valence-corrected chi connectivity index (χ0v) is 16.4. The molecular formula is C22H25NO5. The summed E-state index contributed by atoms with van der Waals surface area (Å²) in [7, 11) is 0. The van der Waals surface area contributed by atoms with Crippen LogP contribution in [0.4, 0.5) is 0 Å². The number of hydrogen-bond acceptors (Lipinski definition) is 5. The van der Waals surface area contributed by atoms with E-state index in [1.807, 2.05) is 51.1 Å². The molecule has 1 aromatic carbocycles. The summed E-state index contributed by atoms with van der Waals surface area (Å²) in [5.74, 6) is 1.39. The quantitative estimate of drug-likeness (QED) is 0.565. The summed E-state index contributed by atoms with van der Waals surface area (Å²) >= 11 is 0. The minimum atomic E-state index is -0.263. The number of fused-ring (bicyclic) bond motifs is 1. The molecule has 0 N–H and O–H groups in total. The number of ether oxygens (including phenoxy) is 3. The predicted octanol–water partition coefficient (Wildman–Crippen LogP) is 3.33.